The van der Waals surface area contributed by atoms with Gasteiger partial charge < -0.3 is 0 Å². The molecule has 1 aliphatic carbocycles. The number of carbonyl (C=O) groups is 1. The van der Waals surface area contributed by atoms with E-state index in [-0.39, 0.29) is 48.9 Å². The maximum Gasteiger partial charge on any atom is 0.193 e. The van der Waals surface area contributed by atoms with Crippen LogP contribution in [0.5, 0.6) is 0 Å². The molecule has 0 aromatic heterocycles. The van der Waals surface area contributed by atoms with E-state index in [4.69, 9.17) is 0 Å². The van der Waals surface area contributed by atoms with Crippen LogP contribution in [0.4, 0.5) is 0 Å². The first-order valence-electron chi connectivity index (χ1n) is 7.68. The SMILES string of the molecule is CC.C\C=C/C1=C(\C=C/C)C(C)(C)c2ccccc2C1=O.[Ar]. The van der Waals surface area contributed by atoms with Gasteiger partial charge in [0, 0.05) is 54.3 Å². The smallest absolute Gasteiger partial charge is 0.193 e. The van der Waals surface area contributed by atoms with Gasteiger partial charge in [-0.15, -0.1) is 0 Å². The van der Waals surface area contributed by atoms with Gasteiger partial charge in [-0.05, 0) is 25.0 Å². The Morgan fingerprint density at radius 1 is 0.955 bits per heavy atom. The predicted octanol–water partition coefficient (Wildman–Crippen LogP) is 5.64. The Hall–Kier alpha value is -0.630. The molecule has 0 fully saturated rings. The molecule has 120 valence electrons. The zero-order valence-electron chi connectivity index (χ0n) is 14.4. The first-order valence-corrected chi connectivity index (χ1v) is 7.68. The molecule has 0 unspecified atom stereocenters. The van der Waals surface area contributed by atoms with Crippen LogP contribution in [0.3, 0.4) is 0 Å². The van der Waals surface area contributed by atoms with E-state index in [1.165, 1.54) is 0 Å². The minimum absolute atomic E-state index is 0. The van der Waals surface area contributed by atoms with E-state index in [2.05, 4.69) is 26.0 Å². The maximum atomic E-state index is 12.6. The van der Waals surface area contributed by atoms with E-state index >= 15 is 0 Å². The van der Waals surface area contributed by atoms with Crippen molar-refractivity contribution in [2.75, 3.05) is 0 Å². The first-order chi connectivity index (χ1) is 10.0. The number of carbonyl (C=O) groups excluding carboxylic acids is 1. The summed E-state index contributed by atoms with van der Waals surface area (Å²) < 4.78 is 0. The monoisotopic (exact) mass is 322 g/mol. The van der Waals surface area contributed by atoms with Gasteiger partial charge in [-0.1, -0.05) is 76.3 Å². The van der Waals surface area contributed by atoms with Crippen LogP contribution in [-0.2, 0) is 5.41 Å². The third-order valence-electron chi connectivity index (χ3n) is 3.72. The summed E-state index contributed by atoms with van der Waals surface area (Å²) >= 11 is 0. The third kappa shape index (κ3) is 4.01. The van der Waals surface area contributed by atoms with E-state index in [9.17, 15) is 4.79 Å². The summed E-state index contributed by atoms with van der Waals surface area (Å²) in [5, 5.41) is 0. The predicted molar refractivity (Wildman–Crippen MR) is 91.8 cm³/mol. The Morgan fingerprint density at radius 2 is 1.50 bits per heavy atom. The molecule has 0 N–H and O–H groups in total. The number of Topliss-reactive ketones (excluding diaryl/α,β-unsaturated/α-hetero) is 1. The molecule has 0 amide bonds. The molecule has 1 aromatic rings. The molecule has 0 spiro atoms. The van der Waals surface area contributed by atoms with Crippen molar-refractivity contribution in [1.29, 1.82) is 0 Å². The van der Waals surface area contributed by atoms with Crippen LogP contribution in [0, 0.1) is 37.7 Å². The van der Waals surface area contributed by atoms with Crippen LogP contribution in [0.1, 0.15) is 57.5 Å². The fourth-order valence-corrected chi connectivity index (χ4v) is 2.77. The molecule has 2 rings (SSSR count). The average Bonchev–Trinajstić information content (AvgIpc) is 2.51. The number of allylic oxidation sites excluding steroid dienone is 6. The molecule has 2 heteroatoms. The molecule has 0 saturated carbocycles. The molecular weight excluding hydrogens is 296 g/mol. The second-order valence-corrected chi connectivity index (χ2v) is 5.33. The largest absolute Gasteiger partial charge is 0.289 e. The van der Waals surface area contributed by atoms with Crippen molar-refractivity contribution in [3.8, 4) is 0 Å². The van der Waals surface area contributed by atoms with Crippen LogP contribution in [-0.4, -0.2) is 5.78 Å². The van der Waals surface area contributed by atoms with Crippen LogP contribution in [0.2, 0.25) is 0 Å². The van der Waals surface area contributed by atoms with E-state index in [0.717, 1.165) is 22.3 Å². The number of benzene rings is 1. The third-order valence-corrected chi connectivity index (χ3v) is 3.72. The van der Waals surface area contributed by atoms with Crippen molar-refractivity contribution in [2.24, 2.45) is 0 Å². The first kappa shape index (κ1) is 21.4. The Balaban J connectivity index is 0.00000141. The van der Waals surface area contributed by atoms with Crippen LogP contribution < -0.4 is 0 Å². The summed E-state index contributed by atoms with van der Waals surface area (Å²) in [6, 6.07) is 7.92. The van der Waals surface area contributed by atoms with Gasteiger partial charge in [0.1, 0.15) is 0 Å². The van der Waals surface area contributed by atoms with Gasteiger partial charge in [0.2, 0.25) is 0 Å². The van der Waals surface area contributed by atoms with Gasteiger partial charge in [0.15, 0.2) is 5.78 Å². The van der Waals surface area contributed by atoms with Gasteiger partial charge in [0.25, 0.3) is 0 Å². The Labute approximate surface area is 165 Å². The molecule has 0 radical (unpaired) electrons. The summed E-state index contributed by atoms with van der Waals surface area (Å²) in [5.74, 6) is 0.126. The molecule has 22 heavy (non-hydrogen) atoms. The summed E-state index contributed by atoms with van der Waals surface area (Å²) in [5.41, 5.74) is 3.70. The van der Waals surface area contributed by atoms with E-state index in [1.807, 2.05) is 64.1 Å². The Kier molecular flexibility index (Phi) is 9.22. The van der Waals surface area contributed by atoms with Crippen molar-refractivity contribution in [1.82, 2.24) is 0 Å². The summed E-state index contributed by atoms with van der Waals surface area (Å²) in [4.78, 5) is 12.6. The van der Waals surface area contributed by atoms with Gasteiger partial charge in [-0.25, -0.2) is 0 Å². The fourth-order valence-electron chi connectivity index (χ4n) is 2.77. The molecule has 0 saturated heterocycles. The standard InChI is InChI=1S/C18H20O.C2H6.Ar/c1-5-9-13-15(10-6-2)18(3,4)16-12-8-7-11-14(16)17(13)19;1-2;/h5-12H,1-4H3;1-2H3;/b9-5-,10-6-;;. The van der Waals surface area contributed by atoms with Crippen molar-refractivity contribution in [3.63, 3.8) is 0 Å². The van der Waals surface area contributed by atoms with Gasteiger partial charge in [-0.3, -0.25) is 4.79 Å². The minimum Gasteiger partial charge on any atom is -0.289 e. The topological polar surface area (TPSA) is 17.1 Å². The second kappa shape index (κ2) is 9.50. The molecule has 0 heterocycles. The molecule has 1 aromatic carbocycles. The van der Waals surface area contributed by atoms with Gasteiger partial charge >= 0.3 is 0 Å². The zero-order chi connectivity index (χ0) is 16.0. The quantitative estimate of drug-likeness (QED) is 0.689. The molecule has 0 atom stereocenters. The van der Waals surface area contributed by atoms with Crippen LogP contribution >= 0.6 is 0 Å². The normalized spacial score (nSPS) is 16.2. The number of hydrogen-bond donors (Lipinski definition) is 0. The summed E-state index contributed by atoms with van der Waals surface area (Å²) in [6.45, 7) is 12.3. The number of hydrogen-bond acceptors (Lipinski definition) is 1. The van der Waals surface area contributed by atoms with Gasteiger partial charge in [-0.2, -0.15) is 0 Å². The fraction of sp³-hybridized carbons (Fsp3) is 0.350. The molecule has 0 bridgehead atoms. The van der Waals surface area contributed by atoms with E-state index in [0.29, 0.717) is 0 Å². The number of rotatable bonds is 2. The molecule has 1 nitrogen and oxygen atoms in total. The van der Waals surface area contributed by atoms with Gasteiger partial charge in [0.05, 0.1) is 0 Å². The van der Waals surface area contributed by atoms with Crippen LogP contribution in [0.25, 0.3) is 0 Å². The van der Waals surface area contributed by atoms with Crippen molar-refractivity contribution < 1.29 is 42.5 Å². The number of fused-ring (bicyclic) bond motifs is 1. The Bertz CT molecular complexity index is 604. The average molecular weight is 322 g/mol. The van der Waals surface area contributed by atoms with E-state index in [1.54, 1.807) is 0 Å². The zero-order valence-corrected chi connectivity index (χ0v) is 15.1. The Morgan fingerprint density at radius 3 is 2.05 bits per heavy atom. The van der Waals surface area contributed by atoms with Crippen LogP contribution in [0.15, 0.2) is 59.7 Å². The van der Waals surface area contributed by atoms with Crippen molar-refractivity contribution in [2.45, 2.75) is 47.0 Å². The second-order valence-electron chi connectivity index (χ2n) is 5.33. The van der Waals surface area contributed by atoms with Crippen molar-refractivity contribution >= 4 is 5.78 Å². The number of ketones is 1. The van der Waals surface area contributed by atoms with E-state index < -0.39 is 0 Å². The summed E-state index contributed by atoms with van der Waals surface area (Å²) in [7, 11) is 0. The maximum absolute atomic E-state index is 12.6. The molecular formula is C20H26ArO. The molecule has 1 aliphatic rings. The molecule has 0 aliphatic heterocycles. The summed E-state index contributed by atoms with van der Waals surface area (Å²) in [6.07, 6.45) is 7.92. The minimum atomic E-state index is -0.147. The van der Waals surface area contributed by atoms with Crippen molar-refractivity contribution in [3.05, 3.63) is 70.8 Å².